The summed E-state index contributed by atoms with van der Waals surface area (Å²) in [5.74, 6) is 0.945. The molecular weight excluding hydrogens is 325 g/mol. The molecule has 0 aliphatic heterocycles. The molecule has 0 aromatic heterocycles. The van der Waals surface area contributed by atoms with Crippen LogP contribution in [0.2, 0.25) is 0 Å². The minimum Gasteiger partial charge on any atom is -0.316 e. The average Bonchev–Trinajstić information content (AvgIpc) is 2.92. The van der Waals surface area contributed by atoms with E-state index in [9.17, 15) is 4.39 Å². The monoisotopic (exact) mass is 345 g/mol. The van der Waals surface area contributed by atoms with Crippen LogP contribution < -0.4 is 5.32 Å². The molecule has 1 aromatic rings. The van der Waals surface area contributed by atoms with Gasteiger partial charge in [-0.15, -0.1) is 0 Å². The molecule has 1 unspecified atom stereocenters. The van der Waals surface area contributed by atoms with Gasteiger partial charge in [-0.3, -0.25) is 0 Å². The van der Waals surface area contributed by atoms with Crippen molar-refractivity contribution in [2.45, 2.75) is 43.4 Å². The van der Waals surface area contributed by atoms with Gasteiger partial charge < -0.3 is 5.32 Å². The van der Waals surface area contributed by atoms with Crippen molar-refractivity contribution in [3.8, 4) is 0 Å². The molecule has 1 nitrogen and oxygen atoms in total. The Kier molecular flexibility index (Phi) is 6.17. The third-order valence-corrected chi connectivity index (χ3v) is 5.86. The number of thioether (sulfide) groups is 1. The van der Waals surface area contributed by atoms with Crippen molar-refractivity contribution in [1.29, 1.82) is 0 Å². The van der Waals surface area contributed by atoms with Crippen LogP contribution in [0.1, 0.15) is 31.2 Å². The lowest BCUT2D eigenvalue weighted by Crippen LogP contribution is -2.30. The summed E-state index contributed by atoms with van der Waals surface area (Å²) in [7, 11) is 2.01. The summed E-state index contributed by atoms with van der Waals surface area (Å²) in [5.41, 5.74) is 1.18. The highest BCUT2D eigenvalue weighted by Crippen LogP contribution is 2.30. The number of hydrogen-bond acceptors (Lipinski definition) is 2. The SMILES string of the molecule is CNC(CSC1CCCC1)Cc1ccc(F)c(Br)c1. The highest BCUT2D eigenvalue weighted by atomic mass is 79.9. The molecule has 4 heteroatoms. The van der Waals surface area contributed by atoms with Gasteiger partial charge in [0.1, 0.15) is 5.82 Å². The normalized spacial score (nSPS) is 17.8. The van der Waals surface area contributed by atoms with E-state index >= 15 is 0 Å². The smallest absolute Gasteiger partial charge is 0.137 e. The lowest BCUT2D eigenvalue weighted by atomic mass is 10.1. The summed E-state index contributed by atoms with van der Waals surface area (Å²) in [6.45, 7) is 0. The fourth-order valence-electron chi connectivity index (χ4n) is 2.50. The quantitative estimate of drug-likeness (QED) is 0.820. The van der Waals surface area contributed by atoms with E-state index in [0.717, 1.165) is 17.4 Å². The number of benzene rings is 1. The first-order chi connectivity index (χ1) is 9.19. The molecule has 0 amide bonds. The fourth-order valence-corrected chi connectivity index (χ4v) is 4.38. The van der Waals surface area contributed by atoms with E-state index in [1.54, 1.807) is 0 Å². The van der Waals surface area contributed by atoms with Crippen molar-refractivity contribution in [1.82, 2.24) is 5.32 Å². The Morgan fingerprint density at radius 1 is 1.42 bits per heavy atom. The molecular formula is C15H21BrFNS. The van der Waals surface area contributed by atoms with E-state index in [0.29, 0.717) is 10.5 Å². The predicted octanol–water partition coefficient (Wildman–Crippen LogP) is 4.39. The van der Waals surface area contributed by atoms with Crippen LogP contribution in [0.25, 0.3) is 0 Å². The zero-order chi connectivity index (χ0) is 13.7. The maximum absolute atomic E-state index is 13.2. The molecule has 0 saturated heterocycles. The summed E-state index contributed by atoms with van der Waals surface area (Å²) < 4.78 is 13.8. The molecule has 1 aromatic carbocycles. The van der Waals surface area contributed by atoms with Crippen molar-refractivity contribution in [2.24, 2.45) is 0 Å². The number of hydrogen-bond donors (Lipinski definition) is 1. The van der Waals surface area contributed by atoms with E-state index in [-0.39, 0.29) is 5.82 Å². The second-order valence-corrected chi connectivity index (χ2v) is 7.37. The highest BCUT2D eigenvalue weighted by molar-refractivity contribution is 9.10. The summed E-state index contributed by atoms with van der Waals surface area (Å²) >= 11 is 5.35. The van der Waals surface area contributed by atoms with Gasteiger partial charge in [0.05, 0.1) is 4.47 Å². The Bertz CT molecular complexity index is 407. The minimum absolute atomic E-state index is 0.190. The number of halogens is 2. The van der Waals surface area contributed by atoms with Gasteiger partial charge in [-0.2, -0.15) is 11.8 Å². The van der Waals surface area contributed by atoms with Crippen LogP contribution in [0.4, 0.5) is 4.39 Å². The molecule has 1 saturated carbocycles. The van der Waals surface area contributed by atoms with Gasteiger partial charge in [0, 0.05) is 17.0 Å². The Morgan fingerprint density at radius 2 is 2.16 bits per heavy atom. The number of rotatable bonds is 6. The molecule has 19 heavy (non-hydrogen) atoms. The Labute approximate surface area is 127 Å². The van der Waals surface area contributed by atoms with Crippen molar-refractivity contribution in [2.75, 3.05) is 12.8 Å². The second kappa shape index (κ2) is 7.65. The highest BCUT2D eigenvalue weighted by Gasteiger charge is 2.17. The van der Waals surface area contributed by atoms with Gasteiger partial charge in [-0.25, -0.2) is 4.39 Å². The van der Waals surface area contributed by atoms with Crippen LogP contribution in [0, 0.1) is 5.82 Å². The van der Waals surface area contributed by atoms with Gasteiger partial charge in [0.15, 0.2) is 0 Å². The topological polar surface area (TPSA) is 12.0 Å². The van der Waals surface area contributed by atoms with Gasteiger partial charge in [0.25, 0.3) is 0 Å². The first-order valence-electron chi connectivity index (χ1n) is 6.92. The number of likely N-dealkylation sites (N-methyl/N-ethyl adjacent to an activating group) is 1. The molecule has 0 radical (unpaired) electrons. The van der Waals surface area contributed by atoms with E-state index in [2.05, 4.69) is 33.0 Å². The van der Waals surface area contributed by atoms with Crippen LogP contribution in [0.5, 0.6) is 0 Å². The second-order valence-electron chi connectivity index (χ2n) is 5.18. The van der Waals surface area contributed by atoms with Crippen LogP contribution in [0.15, 0.2) is 22.7 Å². The van der Waals surface area contributed by atoms with Crippen LogP contribution >= 0.6 is 27.7 Å². The van der Waals surface area contributed by atoms with Gasteiger partial charge >= 0.3 is 0 Å². The Balaban J connectivity index is 1.85. The van der Waals surface area contributed by atoms with Gasteiger partial charge in [0.2, 0.25) is 0 Å². The third-order valence-electron chi connectivity index (χ3n) is 3.71. The first kappa shape index (κ1) is 15.3. The van der Waals surface area contributed by atoms with Crippen molar-refractivity contribution < 1.29 is 4.39 Å². The molecule has 1 aliphatic carbocycles. The Morgan fingerprint density at radius 3 is 2.79 bits per heavy atom. The predicted molar refractivity (Wildman–Crippen MR) is 85.4 cm³/mol. The van der Waals surface area contributed by atoms with Crippen molar-refractivity contribution in [3.05, 3.63) is 34.1 Å². The standard InChI is InChI=1S/C15H21BrFNS/c1-18-12(10-19-13-4-2-3-5-13)8-11-6-7-15(17)14(16)9-11/h6-7,9,12-13,18H,2-5,8,10H2,1H3. The number of nitrogens with one attached hydrogen (secondary N) is 1. The van der Waals surface area contributed by atoms with Gasteiger partial charge in [-0.1, -0.05) is 18.9 Å². The Hall–Kier alpha value is -0.0600. The molecule has 0 bridgehead atoms. The molecule has 1 fully saturated rings. The van der Waals surface area contributed by atoms with Crippen LogP contribution in [-0.4, -0.2) is 24.1 Å². The van der Waals surface area contributed by atoms with Gasteiger partial charge in [-0.05, 0) is 59.9 Å². The largest absolute Gasteiger partial charge is 0.316 e. The molecule has 0 heterocycles. The van der Waals surface area contributed by atoms with E-state index in [4.69, 9.17) is 0 Å². The van der Waals surface area contributed by atoms with E-state index in [1.165, 1.54) is 37.3 Å². The molecule has 106 valence electrons. The minimum atomic E-state index is -0.190. The zero-order valence-corrected chi connectivity index (χ0v) is 13.7. The summed E-state index contributed by atoms with van der Waals surface area (Å²) in [6, 6.07) is 5.77. The van der Waals surface area contributed by atoms with Crippen molar-refractivity contribution in [3.63, 3.8) is 0 Å². The maximum Gasteiger partial charge on any atom is 0.137 e. The van der Waals surface area contributed by atoms with E-state index in [1.807, 2.05) is 19.2 Å². The molecule has 1 N–H and O–H groups in total. The average molecular weight is 346 g/mol. The summed E-state index contributed by atoms with van der Waals surface area (Å²) in [5, 5.41) is 4.24. The molecule has 0 spiro atoms. The van der Waals surface area contributed by atoms with E-state index < -0.39 is 0 Å². The lowest BCUT2D eigenvalue weighted by Gasteiger charge is -2.18. The lowest BCUT2D eigenvalue weighted by molar-refractivity contribution is 0.605. The first-order valence-corrected chi connectivity index (χ1v) is 8.76. The fraction of sp³-hybridized carbons (Fsp3) is 0.600. The molecule has 1 atom stereocenters. The van der Waals surface area contributed by atoms with Crippen LogP contribution in [-0.2, 0) is 6.42 Å². The third kappa shape index (κ3) is 4.76. The maximum atomic E-state index is 13.2. The molecule has 1 aliphatic rings. The van der Waals surface area contributed by atoms with Crippen molar-refractivity contribution >= 4 is 27.7 Å². The van der Waals surface area contributed by atoms with Crippen LogP contribution in [0.3, 0.4) is 0 Å². The summed E-state index contributed by atoms with van der Waals surface area (Å²) in [6.07, 6.45) is 6.50. The molecule has 2 rings (SSSR count). The summed E-state index contributed by atoms with van der Waals surface area (Å²) in [4.78, 5) is 0. The zero-order valence-electron chi connectivity index (χ0n) is 11.3.